The number of carbonyl (C=O) groups is 1. The van der Waals surface area contributed by atoms with Crippen molar-refractivity contribution in [2.75, 3.05) is 36.9 Å². The maximum Gasteiger partial charge on any atom is 0.252 e. The standard InChI is InChI=1S/C23H28F2N6O/c1-14-9-16(3-6-19(14)21(32)26-2)28-22-27-8-7-20(29-22)30-12-17-4-5-18(13-30)31(17)11-15-10-23(15,24)25/h3,6-9,15,17-18H,4-5,10-13H2,1-2H3,(H,26,32)(H,27,28,29)/t15-,17-,18+/m0/s1. The number of piperazine rings is 1. The van der Waals surface area contributed by atoms with Crippen LogP contribution in [-0.4, -0.2) is 65.5 Å². The average molecular weight is 443 g/mol. The second-order valence-electron chi connectivity index (χ2n) is 9.12. The zero-order valence-corrected chi connectivity index (χ0v) is 18.3. The van der Waals surface area contributed by atoms with Crippen molar-refractivity contribution in [2.45, 2.75) is 44.2 Å². The molecule has 1 aromatic carbocycles. The van der Waals surface area contributed by atoms with Gasteiger partial charge in [-0.15, -0.1) is 0 Å². The molecular formula is C23H28F2N6O. The van der Waals surface area contributed by atoms with Gasteiger partial charge in [0.1, 0.15) is 5.82 Å². The number of nitrogens with one attached hydrogen (secondary N) is 2. The van der Waals surface area contributed by atoms with Gasteiger partial charge in [-0.3, -0.25) is 9.69 Å². The van der Waals surface area contributed by atoms with Gasteiger partial charge in [-0.1, -0.05) is 0 Å². The summed E-state index contributed by atoms with van der Waals surface area (Å²) in [4.78, 5) is 25.5. The Kier molecular flexibility index (Phi) is 5.23. The lowest BCUT2D eigenvalue weighted by Crippen LogP contribution is -2.54. The van der Waals surface area contributed by atoms with Gasteiger partial charge in [-0.05, 0) is 49.6 Å². The molecular weight excluding hydrogens is 414 g/mol. The molecule has 1 amide bonds. The Balaban J connectivity index is 1.26. The average Bonchev–Trinajstić information content (AvgIpc) is 3.31. The SMILES string of the molecule is CNC(=O)c1ccc(Nc2nccc(N3C[C@H]4CC[C@@H](C3)N4C[C@@H]3CC3(F)F)n2)cc1C. The molecule has 170 valence electrons. The number of hydrogen-bond donors (Lipinski definition) is 2. The highest BCUT2D eigenvalue weighted by Gasteiger charge is 2.58. The van der Waals surface area contributed by atoms with Crippen molar-refractivity contribution < 1.29 is 13.6 Å². The fraction of sp³-hybridized carbons (Fsp3) is 0.522. The lowest BCUT2D eigenvalue weighted by molar-refractivity contribution is 0.0750. The summed E-state index contributed by atoms with van der Waals surface area (Å²) in [5.74, 6) is -1.71. The molecule has 3 atom stereocenters. The third-order valence-corrected chi connectivity index (χ3v) is 6.94. The molecule has 3 aliphatic rings. The van der Waals surface area contributed by atoms with Crippen LogP contribution in [0.2, 0.25) is 0 Å². The van der Waals surface area contributed by atoms with E-state index < -0.39 is 11.8 Å². The van der Waals surface area contributed by atoms with E-state index in [1.165, 1.54) is 0 Å². The smallest absolute Gasteiger partial charge is 0.252 e. The van der Waals surface area contributed by atoms with Crippen molar-refractivity contribution >= 4 is 23.4 Å². The van der Waals surface area contributed by atoms with E-state index in [0.717, 1.165) is 43.0 Å². The number of fused-ring (bicyclic) bond motifs is 2. The first-order valence-electron chi connectivity index (χ1n) is 11.2. The number of halogens is 2. The number of aromatic nitrogens is 2. The molecule has 2 saturated heterocycles. The van der Waals surface area contributed by atoms with Gasteiger partial charge >= 0.3 is 0 Å². The maximum atomic E-state index is 13.4. The number of benzene rings is 1. The first kappa shape index (κ1) is 21.1. The molecule has 2 aromatic rings. The molecule has 9 heteroatoms. The Morgan fingerprint density at radius 3 is 2.56 bits per heavy atom. The molecule has 1 aromatic heterocycles. The Morgan fingerprint density at radius 1 is 1.22 bits per heavy atom. The minimum Gasteiger partial charge on any atom is -0.355 e. The molecule has 7 nitrogen and oxygen atoms in total. The number of nitrogens with zero attached hydrogens (tertiary/aromatic N) is 4. The normalized spacial score (nSPS) is 26.1. The van der Waals surface area contributed by atoms with Crippen molar-refractivity contribution in [2.24, 2.45) is 5.92 Å². The summed E-state index contributed by atoms with van der Waals surface area (Å²) < 4.78 is 26.8. The van der Waals surface area contributed by atoms with E-state index in [4.69, 9.17) is 4.98 Å². The molecule has 1 saturated carbocycles. The van der Waals surface area contributed by atoms with Gasteiger partial charge in [0.2, 0.25) is 5.95 Å². The van der Waals surface area contributed by atoms with Crippen LogP contribution >= 0.6 is 0 Å². The van der Waals surface area contributed by atoms with Crippen LogP contribution in [0.1, 0.15) is 35.2 Å². The number of anilines is 3. The van der Waals surface area contributed by atoms with Crippen molar-refractivity contribution in [3.63, 3.8) is 0 Å². The quantitative estimate of drug-likeness (QED) is 0.716. The second kappa shape index (κ2) is 7.95. The molecule has 0 radical (unpaired) electrons. The molecule has 1 aliphatic carbocycles. The van der Waals surface area contributed by atoms with E-state index in [0.29, 0.717) is 30.1 Å². The third kappa shape index (κ3) is 4.01. The van der Waals surface area contributed by atoms with Crippen molar-refractivity contribution in [1.29, 1.82) is 0 Å². The predicted molar refractivity (Wildman–Crippen MR) is 119 cm³/mol. The van der Waals surface area contributed by atoms with E-state index in [1.807, 2.05) is 25.1 Å². The Morgan fingerprint density at radius 2 is 1.94 bits per heavy atom. The van der Waals surface area contributed by atoms with Crippen molar-refractivity contribution in [3.05, 3.63) is 41.6 Å². The van der Waals surface area contributed by atoms with Crippen molar-refractivity contribution in [1.82, 2.24) is 20.2 Å². The summed E-state index contributed by atoms with van der Waals surface area (Å²) in [5.41, 5.74) is 2.30. The van der Waals surface area contributed by atoms with Gasteiger partial charge in [0.05, 0.1) is 0 Å². The van der Waals surface area contributed by atoms with Gasteiger partial charge in [-0.2, -0.15) is 4.98 Å². The van der Waals surface area contributed by atoms with Gasteiger partial charge in [0, 0.05) is 68.6 Å². The highest BCUT2D eigenvalue weighted by molar-refractivity contribution is 5.95. The summed E-state index contributed by atoms with van der Waals surface area (Å²) >= 11 is 0. The van der Waals surface area contributed by atoms with E-state index in [9.17, 15) is 13.6 Å². The Hall–Kier alpha value is -2.81. The first-order chi connectivity index (χ1) is 15.3. The number of amides is 1. The minimum atomic E-state index is -2.46. The molecule has 2 aliphatic heterocycles. The zero-order chi connectivity index (χ0) is 22.5. The van der Waals surface area contributed by atoms with E-state index in [2.05, 4.69) is 25.4 Å². The molecule has 3 heterocycles. The summed E-state index contributed by atoms with van der Waals surface area (Å²) in [6.45, 7) is 3.99. The highest BCUT2D eigenvalue weighted by atomic mass is 19.3. The summed E-state index contributed by atoms with van der Waals surface area (Å²) in [5, 5.41) is 5.86. The lowest BCUT2D eigenvalue weighted by Gasteiger charge is -2.41. The topological polar surface area (TPSA) is 73.4 Å². The largest absolute Gasteiger partial charge is 0.355 e. The fourth-order valence-electron chi connectivity index (χ4n) is 5.04. The van der Waals surface area contributed by atoms with E-state index in [1.54, 1.807) is 19.3 Å². The molecule has 3 fully saturated rings. The highest BCUT2D eigenvalue weighted by Crippen LogP contribution is 2.50. The Labute approximate surface area is 186 Å². The predicted octanol–water partition coefficient (Wildman–Crippen LogP) is 3.20. The molecule has 2 bridgehead atoms. The fourth-order valence-corrected chi connectivity index (χ4v) is 5.04. The number of hydrogen-bond acceptors (Lipinski definition) is 6. The second-order valence-corrected chi connectivity index (χ2v) is 9.12. The van der Waals surface area contributed by atoms with Crippen LogP contribution < -0.4 is 15.5 Å². The van der Waals surface area contributed by atoms with Crippen LogP contribution in [0.25, 0.3) is 0 Å². The van der Waals surface area contributed by atoms with Crippen LogP contribution in [0.15, 0.2) is 30.5 Å². The maximum absolute atomic E-state index is 13.4. The third-order valence-electron chi connectivity index (χ3n) is 6.94. The van der Waals surface area contributed by atoms with E-state index in [-0.39, 0.29) is 12.3 Å². The van der Waals surface area contributed by atoms with Crippen LogP contribution in [-0.2, 0) is 0 Å². The number of alkyl halides is 2. The van der Waals surface area contributed by atoms with Crippen LogP contribution in [0.3, 0.4) is 0 Å². The summed E-state index contributed by atoms with van der Waals surface area (Å²) in [7, 11) is 1.61. The minimum absolute atomic E-state index is 0.0389. The lowest BCUT2D eigenvalue weighted by atomic mass is 10.1. The molecule has 0 spiro atoms. The monoisotopic (exact) mass is 442 g/mol. The first-order valence-corrected chi connectivity index (χ1v) is 11.2. The number of aryl methyl sites for hydroxylation is 1. The summed E-state index contributed by atoms with van der Waals surface area (Å²) in [6.07, 6.45) is 3.87. The molecule has 32 heavy (non-hydrogen) atoms. The van der Waals surface area contributed by atoms with Gasteiger partial charge < -0.3 is 15.5 Å². The van der Waals surface area contributed by atoms with Gasteiger partial charge in [-0.25, -0.2) is 13.8 Å². The Bertz CT molecular complexity index is 1020. The molecule has 0 unspecified atom stereocenters. The van der Waals surface area contributed by atoms with Crippen LogP contribution in [0.4, 0.5) is 26.2 Å². The zero-order valence-electron chi connectivity index (χ0n) is 18.3. The van der Waals surface area contributed by atoms with Gasteiger partial charge in [0.25, 0.3) is 11.8 Å². The van der Waals surface area contributed by atoms with Crippen LogP contribution in [0.5, 0.6) is 0 Å². The van der Waals surface area contributed by atoms with E-state index >= 15 is 0 Å². The molecule has 2 N–H and O–H groups in total. The van der Waals surface area contributed by atoms with Crippen molar-refractivity contribution in [3.8, 4) is 0 Å². The molecule has 5 rings (SSSR count). The van der Waals surface area contributed by atoms with Crippen LogP contribution in [0, 0.1) is 12.8 Å². The number of carbonyl (C=O) groups excluding carboxylic acids is 1. The summed E-state index contributed by atoms with van der Waals surface area (Å²) in [6, 6.07) is 8.01. The van der Waals surface area contributed by atoms with Gasteiger partial charge in [0.15, 0.2) is 0 Å². The number of rotatable bonds is 6.